The second-order valence-corrected chi connectivity index (χ2v) is 7.14. The van der Waals surface area contributed by atoms with Gasteiger partial charge in [-0.05, 0) is 37.5 Å². The summed E-state index contributed by atoms with van der Waals surface area (Å²) >= 11 is 5.77. The maximum Gasteiger partial charge on any atom is 0.242 e. The lowest BCUT2D eigenvalue weighted by Crippen LogP contribution is -2.41. The van der Waals surface area contributed by atoms with Gasteiger partial charge in [0.15, 0.2) is 0 Å². The van der Waals surface area contributed by atoms with E-state index in [0.717, 1.165) is 19.3 Å². The fourth-order valence-electron chi connectivity index (χ4n) is 2.79. The number of benzene rings is 1. The summed E-state index contributed by atoms with van der Waals surface area (Å²) < 4.78 is 32.9. The highest BCUT2D eigenvalue weighted by Crippen LogP contribution is 2.35. The lowest BCUT2D eigenvalue weighted by Gasteiger charge is -2.20. The van der Waals surface area contributed by atoms with E-state index in [2.05, 4.69) is 4.72 Å². The largest absolute Gasteiger partial charge is 0.398 e. The van der Waals surface area contributed by atoms with E-state index in [1.54, 1.807) is 0 Å². The molecule has 0 amide bonds. The van der Waals surface area contributed by atoms with Gasteiger partial charge < -0.3 is 10.5 Å². The molecule has 0 aliphatic carbocycles. The molecule has 3 unspecified atom stereocenters. The molecule has 2 aliphatic rings. The summed E-state index contributed by atoms with van der Waals surface area (Å²) in [5.41, 5.74) is 5.88. The van der Waals surface area contributed by atoms with Gasteiger partial charge >= 0.3 is 0 Å². The first-order chi connectivity index (χ1) is 8.95. The van der Waals surface area contributed by atoms with Gasteiger partial charge in [0.05, 0.1) is 23.9 Å². The Morgan fingerprint density at radius 3 is 2.74 bits per heavy atom. The highest BCUT2D eigenvalue weighted by molar-refractivity contribution is 7.89. The van der Waals surface area contributed by atoms with Gasteiger partial charge in [-0.25, -0.2) is 13.1 Å². The van der Waals surface area contributed by atoms with E-state index < -0.39 is 10.0 Å². The Morgan fingerprint density at radius 2 is 2.16 bits per heavy atom. The van der Waals surface area contributed by atoms with E-state index in [-0.39, 0.29) is 28.8 Å². The van der Waals surface area contributed by atoms with Crippen LogP contribution in [-0.4, -0.2) is 26.7 Å². The molecule has 104 valence electrons. The maximum atomic E-state index is 12.3. The topological polar surface area (TPSA) is 81.4 Å². The minimum absolute atomic E-state index is 0.00620. The SMILES string of the molecule is Nc1cc(Cl)ccc1S(=O)(=O)NC1CC2CCC1O2. The summed E-state index contributed by atoms with van der Waals surface area (Å²) in [7, 11) is -3.63. The van der Waals surface area contributed by atoms with Crippen LogP contribution in [0.5, 0.6) is 0 Å². The zero-order chi connectivity index (χ0) is 13.6. The van der Waals surface area contributed by atoms with Crippen LogP contribution >= 0.6 is 11.6 Å². The van der Waals surface area contributed by atoms with Crippen LogP contribution in [0, 0.1) is 0 Å². The number of ether oxygens (including phenoxy) is 1. The first kappa shape index (κ1) is 13.2. The molecule has 2 bridgehead atoms. The Labute approximate surface area is 117 Å². The van der Waals surface area contributed by atoms with Crippen LogP contribution in [0.15, 0.2) is 23.1 Å². The zero-order valence-corrected chi connectivity index (χ0v) is 11.7. The fraction of sp³-hybridized carbons (Fsp3) is 0.500. The molecule has 0 radical (unpaired) electrons. The lowest BCUT2D eigenvalue weighted by molar-refractivity contribution is 0.0996. The van der Waals surface area contributed by atoms with Gasteiger partial charge in [-0.1, -0.05) is 11.6 Å². The third-order valence-corrected chi connectivity index (χ3v) is 5.47. The van der Waals surface area contributed by atoms with Crippen molar-refractivity contribution in [1.29, 1.82) is 0 Å². The van der Waals surface area contributed by atoms with Crippen molar-refractivity contribution in [2.24, 2.45) is 0 Å². The van der Waals surface area contributed by atoms with Gasteiger partial charge in [-0.3, -0.25) is 0 Å². The molecule has 0 spiro atoms. The summed E-state index contributed by atoms with van der Waals surface area (Å²) in [6.45, 7) is 0. The summed E-state index contributed by atoms with van der Waals surface area (Å²) in [4.78, 5) is 0.0691. The van der Waals surface area contributed by atoms with Crippen LogP contribution in [0.3, 0.4) is 0 Å². The van der Waals surface area contributed by atoms with Crippen LogP contribution in [-0.2, 0) is 14.8 Å². The molecular weight excluding hydrogens is 288 g/mol. The Kier molecular flexibility index (Phi) is 3.21. The predicted molar refractivity (Wildman–Crippen MR) is 72.5 cm³/mol. The number of halogens is 1. The van der Waals surface area contributed by atoms with Crippen molar-refractivity contribution >= 4 is 27.3 Å². The minimum Gasteiger partial charge on any atom is -0.398 e. The summed E-state index contributed by atoms with van der Waals surface area (Å²) in [6.07, 6.45) is 2.85. The third-order valence-electron chi connectivity index (χ3n) is 3.67. The molecule has 2 aliphatic heterocycles. The van der Waals surface area contributed by atoms with Gasteiger partial charge in [-0.2, -0.15) is 0 Å². The van der Waals surface area contributed by atoms with Crippen molar-refractivity contribution < 1.29 is 13.2 Å². The Bertz CT molecular complexity index is 605. The number of fused-ring (bicyclic) bond motifs is 2. The first-order valence-electron chi connectivity index (χ1n) is 6.18. The Morgan fingerprint density at radius 1 is 1.37 bits per heavy atom. The van der Waals surface area contributed by atoms with Crippen molar-refractivity contribution in [2.45, 2.75) is 42.4 Å². The molecule has 1 aromatic carbocycles. The Hall–Kier alpha value is -0.820. The fourth-order valence-corrected chi connectivity index (χ4v) is 4.36. The van der Waals surface area contributed by atoms with E-state index in [9.17, 15) is 8.42 Å². The van der Waals surface area contributed by atoms with Gasteiger partial charge in [0.25, 0.3) is 0 Å². The molecule has 2 heterocycles. The van der Waals surface area contributed by atoms with Crippen LogP contribution in [0.2, 0.25) is 5.02 Å². The minimum atomic E-state index is -3.63. The third kappa shape index (κ3) is 2.45. The first-order valence-corrected chi connectivity index (χ1v) is 8.04. The van der Waals surface area contributed by atoms with E-state index in [1.807, 2.05) is 0 Å². The molecule has 2 saturated heterocycles. The standard InChI is InChI=1S/C12H15ClN2O3S/c13-7-1-4-12(9(14)5-7)19(16,17)15-10-6-8-2-3-11(10)18-8/h1,4-5,8,10-11,15H,2-3,6,14H2. The van der Waals surface area contributed by atoms with Gasteiger partial charge in [0.2, 0.25) is 10.0 Å². The molecule has 3 N–H and O–H groups in total. The normalized spacial score (nSPS) is 29.8. The number of rotatable bonds is 3. The van der Waals surface area contributed by atoms with Gasteiger partial charge in [0, 0.05) is 5.02 Å². The smallest absolute Gasteiger partial charge is 0.242 e. The summed E-state index contributed by atoms with van der Waals surface area (Å²) in [5.74, 6) is 0. The van der Waals surface area contributed by atoms with Crippen molar-refractivity contribution in [3.63, 3.8) is 0 Å². The number of nitrogens with one attached hydrogen (secondary N) is 1. The van der Waals surface area contributed by atoms with Crippen LogP contribution in [0.1, 0.15) is 19.3 Å². The van der Waals surface area contributed by atoms with E-state index in [4.69, 9.17) is 22.1 Å². The van der Waals surface area contributed by atoms with Crippen LogP contribution in [0.4, 0.5) is 5.69 Å². The molecule has 2 fully saturated rings. The number of nitrogens with two attached hydrogens (primary N) is 1. The number of anilines is 1. The molecule has 5 nitrogen and oxygen atoms in total. The molecule has 0 saturated carbocycles. The number of nitrogen functional groups attached to an aromatic ring is 1. The average Bonchev–Trinajstić information content (AvgIpc) is 2.89. The highest BCUT2D eigenvalue weighted by atomic mass is 35.5. The van der Waals surface area contributed by atoms with Crippen molar-refractivity contribution in [3.05, 3.63) is 23.2 Å². The maximum absolute atomic E-state index is 12.3. The van der Waals surface area contributed by atoms with Crippen LogP contribution < -0.4 is 10.5 Å². The van der Waals surface area contributed by atoms with E-state index >= 15 is 0 Å². The molecular formula is C12H15ClN2O3S. The summed E-state index contributed by atoms with van der Waals surface area (Å²) in [6, 6.07) is 4.23. The van der Waals surface area contributed by atoms with Crippen molar-refractivity contribution in [3.8, 4) is 0 Å². The molecule has 3 atom stereocenters. The van der Waals surface area contributed by atoms with Crippen molar-refractivity contribution in [2.75, 3.05) is 5.73 Å². The van der Waals surface area contributed by atoms with Gasteiger partial charge in [0.1, 0.15) is 4.90 Å². The number of hydrogen-bond donors (Lipinski definition) is 2. The zero-order valence-electron chi connectivity index (χ0n) is 10.2. The molecule has 7 heteroatoms. The highest BCUT2D eigenvalue weighted by Gasteiger charge is 2.42. The average molecular weight is 303 g/mol. The predicted octanol–water partition coefficient (Wildman–Crippen LogP) is 1.52. The lowest BCUT2D eigenvalue weighted by atomic mass is 9.96. The molecule has 19 heavy (non-hydrogen) atoms. The molecule has 1 aromatic rings. The van der Waals surface area contributed by atoms with Crippen LogP contribution in [0.25, 0.3) is 0 Å². The van der Waals surface area contributed by atoms with Gasteiger partial charge in [-0.15, -0.1) is 0 Å². The Balaban J connectivity index is 1.83. The van der Waals surface area contributed by atoms with E-state index in [0.29, 0.717) is 5.02 Å². The van der Waals surface area contributed by atoms with E-state index in [1.165, 1.54) is 18.2 Å². The second kappa shape index (κ2) is 4.63. The monoisotopic (exact) mass is 302 g/mol. The number of hydrogen-bond acceptors (Lipinski definition) is 4. The molecule has 3 rings (SSSR count). The van der Waals surface area contributed by atoms with Crippen molar-refractivity contribution in [1.82, 2.24) is 4.72 Å². The quantitative estimate of drug-likeness (QED) is 0.830. The molecule has 0 aromatic heterocycles. The second-order valence-electron chi connectivity index (χ2n) is 5.02. The summed E-state index contributed by atoms with van der Waals surface area (Å²) in [5, 5.41) is 0.416. The number of sulfonamides is 1.